The van der Waals surface area contributed by atoms with Crippen LogP contribution >= 0.6 is 0 Å². The summed E-state index contributed by atoms with van der Waals surface area (Å²) in [6, 6.07) is 3.63. The van der Waals surface area contributed by atoms with E-state index in [1.54, 1.807) is 18.4 Å². The first-order valence-electron chi connectivity index (χ1n) is 3.94. The predicted octanol–water partition coefficient (Wildman–Crippen LogP) is 2.52. The Hall–Kier alpha value is -1.31. The summed E-state index contributed by atoms with van der Waals surface area (Å²) in [5.74, 6) is 0.971. The van der Waals surface area contributed by atoms with Crippen LogP contribution in [0, 0.1) is 5.92 Å². The number of hydrogen-bond acceptors (Lipinski definition) is 2. The van der Waals surface area contributed by atoms with Crippen molar-refractivity contribution >= 4 is 12.4 Å². The van der Waals surface area contributed by atoms with E-state index in [2.05, 4.69) is 0 Å². The van der Waals surface area contributed by atoms with E-state index in [-0.39, 0.29) is 5.92 Å². The fourth-order valence-electron chi connectivity index (χ4n) is 0.874. The van der Waals surface area contributed by atoms with E-state index < -0.39 is 0 Å². The molecule has 0 aliphatic carbocycles. The molecule has 1 aromatic heterocycles. The van der Waals surface area contributed by atoms with Gasteiger partial charge in [0.05, 0.1) is 6.26 Å². The Morgan fingerprint density at radius 2 is 2.33 bits per heavy atom. The molecule has 0 saturated carbocycles. The standard InChI is InChI=1S/C10H12O2/c1-8(2)9(7-11)6-10-4-3-5-12-10/h3-8H,1-2H3/b9-6-. The summed E-state index contributed by atoms with van der Waals surface area (Å²) in [4.78, 5) is 10.6. The van der Waals surface area contributed by atoms with Crippen LogP contribution < -0.4 is 0 Å². The number of rotatable bonds is 3. The lowest BCUT2D eigenvalue weighted by molar-refractivity contribution is -0.105. The SMILES string of the molecule is CC(C)/C(C=O)=C\c1ccco1. The second-order valence-corrected chi connectivity index (χ2v) is 2.93. The molecule has 12 heavy (non-hydrogen) atoms. The molecule has 0 saturated heterocycles. The van der Waals surface area contributed by atoms with Crippen molar-refractivity contribution in [2.24, 2.45) is 5.92 Å². The van der Waals surface area contributed by atoms with Crippen LogP contribution in [0.3, 0.4) is 0 Å². The minimum atomic E-state index is 0.243. The van der Waals surface area contributed by atoms with Gasteiger partial charge in [0.1, 0.15) is 12.0 Å². The first kappa shape index (κ1) is 8.78. The number of allylic oxidation sites excluding steroid dienone is 1. The van der Waals surface area contributed by atoms with E-state index in [1.165, 1.54) is 0 Å². The summed E-state index contributed by atoms with van der Waals surface area (Å²) >= 11 is 0. The van der Waals surface area contributed by atoms with Crippen molar-refractivity contribution in [3.05, 3.63) is 29.7 Å². The number of hydrogen-bond donors (Lipinski definition) is 0. The third-order valence-corrected chi connectivity index (χ3v) is 1.65. The van der Waals surface area contributed by atoms with Crippen molar-refractivity contribution in [3.8, 4) is 0 Å². The van der Waals surface area contributed by atoms with Gasteiger partial charge in [-0.05, 0) is 29.7 Å². The van der Waals surface area contributed by atoms with Gasteiger partial charge in [-0.3, -0.25) is 4.79 Å². The van der Waals surface area contributed by atoms with Crippen LogP contribution in [0.5, 0.6) is 0 Å². The van der Waals surface area contributed by atoms with Gasteiger partial charge < -0.3 is 4.42 Å². The van der Waals surface area contributed by atoms with Gasteiger partial charge in [-0.15, -0.1) is 0 Å². The van der Waals surface area contributed by atoms with Gasteiger partial charge in [0.25, 0.3) is 0 Å². The van der Waals surface area contributed by atoms with E-state index in [4.69, 9.17) is 4.42 Å². The Kier molecular flexibility index (Phi) is 2.86. The Bertz CT molecular complexity index is 268. The zero-order valence-corrected chi connectivity index (χ0v) is 7.28. The second-order valence-electron chi connectivity index (χ2n) is 2.93. The summed E-state index contributed by atoms with van der Waals surface area (Å²) in [5.41, 5.74) is 0.755. The first-order chi connectivity index (χ1) is 5.74. The topological polar surface area (TPSA) is 30.2 Å². The van der Waals surface area contributed by atoms with E-state index in [0.29, 0.717) is 0 Å². The van der Waals surface area contributed by atoms with Gasteiger partial charge in [0, 0.05) is 0 Å². The lowest BCUT2D eigenvalue weighted by Crippen LogP contribution is -1.94. The molecular formula is C10H12O2. The predicted molar refractivity (Wildman–Crippen MR) is 47.6 cm³/mol. The fraction of sp³-hybridized carbons (Fsp3) is 0.300. The van der Waals surface area contributed by atoms with Crippen LogP contribution in [0.2, 0.25) is 0 Å². The minimum Gasteiger partial charge on any atom is -0.465 e. The van der Waals surface area contributed by atoms with Crippen molar-refractivity contribution < 1.29 is 9.21 Å². The molecule has 0 spiro atoms. The van der Waals surface area contributed by atoms with Crippen LogP contribution in [0.15, 0.2) is 28.4 Å². The maximum atomic E-state index is 10.6. The quantitative estimate of drug-likeness (QED) is 0.507. The molecule has 0 bridgehead atoms. The van der Waals surface area contributed by atoms with Gasteiger partial charge in [0.15, 0.2) is 0 Å². The monoisotopic (exact) mass is 164 g/mol. The Labute approximate surface area is 71.9 Å². The molecule has 0 aliphatic heterocycles. The molecular weight excluding hydrogens is 152 g/mol. The smallest absolute Gasteiger partial charge is 0.146 e. The average molecular weight is 164 g/mol. The van der Waals surface area contributed by atoms with Gasteiger partial charge >= 0.3 is 0 Å². The van der Waals surface area contributed by atoms with Crippen molar-refractivity contribution in [3.63, 3.8) is 0 Å². The maximum Gasteiger partial charge on any atom is 0.146 e. The average Bonchev–Trinajstić information content (AvgIpc) is 2.51. The minimum absolute atomic E-state index is 0.243. The lowest BCUT2D eigenvalue weighted by Gasteiger charge is -2.00. The molecule has 0 unspecified atom stereocenters. The first-order valence-corrected chi connectivity index (χ1v) is 3.94. The van der Waals surface area contributed by atoms with Gasteiger partial charge in [-0.25, -0.2) is 0 Å². The van der Waals surface area contributed by atoms with E-state index in [9.17, 15) is 4.79 Å². The second kappa shape index (κ2) is 3.90. The molecule has 2 heteroatoms. The molecule has 1 heterocycles. The van der Waals surface area contributed by atoms with Crippen LogP contribution in [0.25, 0.3) is 6.08 Å². The van der Waals surface area contributed by atoms with Gasteiger partial charge in [0.2, 0.25) is 0 Å². The lowest BCUT2D eigenvalue weighted by atomic mass is 10.0. The fourth-order valence-corrected chi connectivity index (χ4v) is 0.874. The molecule has 0 atom stereocenters. The zero-order valence-electron chi connectivity index (χ0n) is 7.28. The molecule has 0 N–H and O–H groups in total. The van der Waals surface area contributed by atoms with Crippen LogP contribution in [0.1, 0.15) is 19.6 Å². The van der Waals surface area contributed by atoms with Crippen LogP contribution in [0.4, 0.5) is 0 Å². The highest BCUT2D eigenvalue weighted by atomic mass is 16.3. The third-order valence-electron chi connectivity index (χ3n) is 1.65. The highest BCUT2D eigenvalue weighted by Gasteiger charge is 2.01. The van der Waals surface area contributed by atoms with E-state index in [1.807, 2.05) is 19.9 Å². The maximum absolute atomic E-state index is 10.6. The molecule has 0 aliphatic rings. The molecule has 1 rings (SSSR count). The normalized spacial score (nSPS) is 12.1. The van der Waals surface area contributed by atoms with Gasteiger partial charge in [-0.2, -0.15) is 0 Å². The van der Waals surface area contributed by atoms with Crippen LogP contribution in [-0.4, -0.2) is 6.29 Å². The highest BCUT2D eigenvalue weighted by Crippen LogP contribution is 2.12. The number of carbonyl (C=O) groups excluding carboxylic acids is 1. The Morgan fingerprint density at radius 1 is 1.58 bits per heavy atom. The van der Waals surface area contributed by atoms with Crippen molar-refractivity contribution in [1.82, 2.24) is 0 Å². The number of carbonyl (C=O) groups is 1. The van der Waals surface area contributed by atoms with Crippen molar-refractivity contribution in [2.45, 2.75) is 13.8 Å². The van der Waals surface area contributed by atoms with E-state index >= 15 is 0 Å². The molecule has 1 aromatic rings. The van der Waals surface area contributed by atoms with Crippen molar-refractivity contribution in [2.75, 3.05) is 0 Å². The number of furan rings is 1. The Morgan fingerprint density at radius 3 is 2.75 bits per heavy atom. The molecule has 0 amide bonds. The summed E-state index contributed by atoms with van der Waals surface area (Å²) < 4.78 is 5.08. The summed E-state index contributed by atoms with van der Waals surface area (Å²) in [6.45, 7) is 3.95. The summed E-state index contributed by atoms with van der Waals surface area (Å²) in [5, 5.41) is 0. The number of aldehydes is 1. The molecule has 2 nitrogen and oxygen atoms in total. The molecule has 0 aromatic carbocycles. The largest absolute Gasteiger partial charge is 0.465 e. The molecule has 0 radical (unpaired) electrons. The third kappa shape index (κ3) is 2.09. The zero-order chi connectivity index (χ0) is 8.97. The Balaban J connectivity index is 2.85. The van der Waals surface area contributed by atoms with Crippen LogP contribution in [-0.2, 0) is 4.79 Å². The highest BCUT2D eigenvalue weighted by molar-refractivity contribution is 5.81. The summed E-state index contributed by atoms with van der Waals surface area (Å²) in [7, 11) is 0. The van der Waals surface area contributed by atoms with Crippen molar-refractivity contribution in [1.29, 1.82) is 0 Å². The van der Waals surface area contributed by atoms with Gasteiger partial charge in [-0.1, -0.05) is 13.8 Å². The van der Waals surface area contributed by atoms with E-state index in [0.717, 1.165) is 17.6 Å². The molecule has 64 valence electrons. The molecule has 0 fully saturated rings. The summed E-state index contributed by atoms with van der Waals surface area (Å²) in [6.07, 6.45) is 4.22.